The number of nitrogens with zero attached hydrogens (tertiary/aromatic N) is 2. The molecule has 0 aromatic heterocycles. The van der Waals surface area contributed by atoms with Crippen LogP contribution in [0.1, 0.15) is 186 Å². The molecule has 2 saturated carbocycles. The molecule has 2 aliphatic carbocycles. The molecule has 2 fully saturated rings. The van der Waals surface area contributed by atoms with Crippen LogP contribution < -0.4 is 4.74 Å². The SMILES string of the molecule is CCCCCCC1CCC(c2ccc(Cc3cc(C#N)ccc3Oc3ccc(C#N)cc3Cc3ccc(C4CCC(CCCCCC)CC4)cc3)cc2)CC1. The van der Waals surface area contributed by atoms with Crippen LogP contribution in [-0.4, -0.2) is 0 Å². The average Bonchev–Trinajstić information content (AvgIpc) is 3.23. The highest BCUT2D eigenvalue weighted by molar-refractivity contribution is 5.50. The predicted octanol–water partition coefficient (Wildman–Crippen LogP) is 14.9. The molecule has 4 aromatic carbocycles. The van der Waals surface area contributed by atoms with Crippen molar-refractivity contribution in [2.45, 2.75) is 154 Å². The maximum Gasteiger partial charge on any atom is 0.131 e. The van der Waals surface area contributed by atoms with E-state index in [1.807, 2.05) is 36.4 Å². The van der Waals surface area contributed by atoms with E-state index >= 15 is 0 Å². The molecule has 0 N–H and O–H groups in total. The highest BCUT2D eigenvalue weighted by Gasteiger charge is 2.23. The van der Waals surface area contributed by atoms with Gasteiger partial charge < -0.3 is 4.74 Å². The summed E-state index contributed by atoms with van der Waals surface area (Å²) in [7, 11) is 0. The number of nitriles is 2. The van der Waals surface area contributed by atoms with Crippen LogP contribution in [0, 0.1) is 34.5 Å². The maximum absolute atomic E-state index is 9.79. The Bertz CT molecular complexity index is 1710. The van der Waals surface area contributed by atoms with Gasteiger partial charge >= 0.3 is 0 Å². The minimum Gasteiger partial charge on any atom is -0.457 e. The molecular weight excluding hydrogens is 669 g/mol. The zero-order valence-electron chi connectivity index (χ0n) is 33.8. The van der Waals surface area contributed by atoms with Crippen molar-refractivity contribution in [2.24, 2.45) is 11.8 Å². The van der Waals surface area contributed by atoms with E-state index in [1.165, 1.54) is 138 Å². The van der Waals surface area contributed by atoms with Crippen LogP contribution in [-0.2, 0) is 12.8 Å². The summed E-state index contributed by atoms with van der Waals surface area (Å²) in [5, 5.41) is 19.6. The molecular formula is C52H64N2O. The smallest absolute Gasteiger partial charge is 0.131 e. The van der Waals surface area contributed by atoms with Crippen LogP contribution in [0.25, 0.3) is 0 Å². The van der Waals surface area contributed by atoms with E-state index in [4.69, 9.17) is 4.74 Å². The van der Waals surface area contributed by atoms with E-state index in [1.54, 1.807) is 0 Å². The van der Waals surface area contributed by atoms with Crippen LogP contribution in [0.15, 0.2) is 84.9 Å². The fourth-order valence-electron chi connectivity index (χ4n) is 9.44. The lowest BCUT2D eigenvalue weighted by Crippen LogP contribution is -2.13. The number of rotatable bonds is 18. The summed E-state index contributed by atoms with van der Waals surface area (Å²) < 4.78 is 6.71. The Morgan fingerprint density at radius 2 is 0.891 bits per heavy atom. The normalized spacial score (nSPS) is 19.7. The number of benzene rings is 4. The largest absolute Gasteiger partial charge is 0.457 e. The second-order valence-corrected chi connectivity index (χ2v) is 16.9. The Hall–Kier alpha value is -4.34. The number of hydrogen-bond acceptors (Lipinski definition) is 3. The third kappa shape index (κ3) is 11.8. The van der Waals surface area contributed by atoms with Crippen molar-refractivity contribution in [1.82, 2.24) is 0 Å². The van der Waals surface area contributed by atoms with Crippen LogP contribution in [0.5, 0.6) is 11.5 Å². The van der Waals surface area contributed by atoms with Gasteiger partial charge in [0.25, 0.3) is 0 Å². The van der Waals surface area contributed by atoms with Gasteiger partial charge in [0.2, 0.25) is 0 Å². The average molecular weight is 733 g/mol. The molecule has 3 nitrogen and oxygen atoms in total. The molecule has 55 heavy (non-hydrogen) atoms. The van der Waals surface area contributed by atoms with Gasteiger partial charge in [0.1, 0.15) is 11.5 Å². The first kappa shape index (κ1) is 40.3. The Labute approximate surface area is 333 Å². The zero-order valence-corrected chi connectivity index (χ0v) is 33.8. The standard InChI is InChI=1S/C52H64N2O/c1-3-5-7-9-11-39-13-23-45(24-14-39)47-27-17-41(18-28-47)33-49-35-43(37-53)21-31-51(49)55-52-32-22-44(38-54)36-50(52)34-42-19-29-48(30-20-42)46-25-15-40(16-26-46)12-10-8-6-4-2/h17-22,27-32,35-36,39-40,45-46H,3-16,23-26,33-34H2,1-2H3. The lowest BCUT2D eigenvalue weighted by molar-refractivity contribution is 0.302. The van der Waals surface area contributed by atoms with Crippen LogP contribution in [0.4, 0.5) is 0 Å². The second kappa shape index (κ2) is 21.1. The third-order valence-corrected chi connectivity index (χ3v) is 12.9. The van der Waals surface area contributed by atoms with E-state index < -0.39 is 0 Å². The molecule has 0 atom stereocenters. The number of unbranched alkanes of at least 4 members (excludes halogenated alkanes) is 6. The summed E-state index contributed by atoms with van der Waals surface area (Å²) in [6, 6.07) is 34.5. The molecule has 0 amide bonds. The highest BCUT2D eigenvalue weighted by Crippen LogP contribution is 2.40. The van der Waals surface area contributed by atoms with E-state index in [9.17, 15) is 10.5 Å². The first-order valence-electron chi connectivity index (χ1n) is 22.0. The van der Waals surface area contributed by atoms with Crippen molar-refractivity contribution in [3.63, 3.8) is 0 Å². The summed E-state index contributed by atoms with van der Waals surface area (Å²) in [6.45, 7) is 4.58. The quantitative estimate of drug-likeness (QED) is 0.0957. The predicted molar refractivity (Wildman–Crippen MR) is 228 cm³/mol. The molecule has 4 aromatic rings. The van der Waals surface area contributed by atoms with Gasteiger partial charge in [-0.3, -0.25) is 0 Å². The fourth-order valence-corrected chi connectivity index (χ4v) is 9.44. The Kier molecular flexibility index (Phi) is 15.5. The second-order valence-electron chi connectivity index (χ2n) is 16.9. The maximum atomic E-state index is 9.79. The van der Waals surface area contributed by atoms with Gasteiger partial charge in [0, 0.05) is 24.0 Å². The van der Waals surface area contributed by atoms with E-state index in [0.29, 0.717) is 35.8 Å². The van der Waals surface area contributed by atoms with Crippen molar-refractivity contribution in [1.29, 1.82) is 10.5 Å². The lowest BCUT2D eigenvalue weighted by atomic mass is 9.77. The Morgan fingerprint density at radius 3 is 1.25 bits per heavy atom. The van der Waals surface area contributed by atoms with Crippen molar-refractivity contribution in [3.8, 4) is 23.6 Å². The van der Waals surface area contributed by atoms with Crippen LogP contribution >= 0.6 is 0 Å². The molecule has 0 saturated heterocycles. The first-order valence-corrected chi connectivity index (χ1v) is 22.0. The van der Waals surface area contributed by atoms with Gasteiger partial charge in [-0.2, -0.15) is 10.5 Å². The molecule has 0 spiro atoms. The minimum absolute atomic E-state index is 0.631. The van der Waals surface area contributed by atoms with Crippen molar-refractivity contribution < 1.29 is 4.74 Å². The van der Waals surface area contributed by atoms with Gasteiger partial charge in [-0.05, 0) is 134 Å². The molecule has 0 radical (unpaired) electrons. The van der Waals surface area contributed by atoms with Crippen LogP contribution in [0.3, 0.4) is 0 Å². The molecule has 2 aliphatic rings. The summed E-state index contributed by atoms with van der Waals surface area (Å²) in [6.07, 6.45) is 25.8. The van der Waals surface area contributed by atoms with E-state index in [0.717, 1.165) is 34.5 Å². The van der Waals surface area contributed by atoms with Crippen molar-refractivity contribution in [2.75, 3.05) is 0 Å². The molecule has 0 heterocycles. The topological polar surface area (TPSA) is 56.8 Å². The summed E-state index contributed by atoms with van der Waals surface area (Å²) in [5.41, 5.74) is 8.61. The van der Waals surface area contributed by atoms with Gasteiger partial charge in [-0.25, -0.2) is 0 Å². The fraction of sp³-hybridized carbons (Fsp3) is 0.500. The number of ether oxygens (including phenoxy) is 1. The minimum atomic E-state index is 0.631. The highest BCUT2D eigenvalue weighted by atomic mass is 16.5. The Balaban J connectivity index is 1.09. The third-order valence-electron chi connectivity index (χ3n) is 12.9. The van der Waals surface area contributed by atoms with Crippen molar-refractivity contribution in [3.05, 3.63) is 129 Å². The van der Waals surface area contributed by atoms with Gasteiger partial charge in [-0.1, -0.05) is 127 Å². The molecule has 0 bridgehead atoms. The summed E-state index contributed by atoms with van der Waals surface area (Å²) in [5.74, 6) is 4.67. The molecule has 0 unspecified atom stereocenters. The van der Waals surface area contributed by atoms with E-state index in [-0.39, 0.29) is 0 Å². The van der Waals surface area contributed by atoms with Gasteiger partial charge in [-0.15, -0.1) is 0 Å². The Morgan fingerprint density at radius 1 is 0.491 bits per heavy atom. The van der Waals surface area contributed by atoms with Crippen molar-refractivity contribution >= 4 is 0 Å². The number of hydrogen-bond donors (Lipinski definition) is 0. The van der Waals surface area contributed by atoms with E-state index in [2.05, 4.69) is 74.5 Å². The molecule has 6 rings (SSSR count). The van der Waals surface area contributed by atoms with Crippen LogP contribution in [0.2, 0.25) is 0 Å². The lowest BCUT2D eigenvalue weighted by Gasteiger charge is -2.29. The molecule has 0 aliphatic heterocycles. The van der Waals surface area contributed by atoms with Gasteiger partial charge in [0.15, 0.2) is 0 Å². The zero-order chi connectivity index (χ0) is 38.2. The monoisotopic (exact) mass is 733 g/mol. The molecule has 3 heteroatoms. The summed E-state index contributed by atoms with van der Waals surface area (Å²) in [4.78, 5) is 0. The summed E-state index contributed by atoms with van der Waals surface area (Å²) >= 11 is 0. The van der Waals surface area contributed by atoms with Gasteiger partial charge in [0.05, 0.1) is 23.3 Å². The molecule has 288 valence electrons. The first-order chi connectivity index (χ1) is 27.0.